The zero-order chi connectivity index (χ0) is 15.9. The predicted octanol–water partition coefficient (Wildman–Crippen LogP) is 1.50. The van der Waals surface area contributed by atoms with Crippen molar-refractivity contribution < 1.29 is 0 Å². The molecule has 2 aliphatic rings. The number of fused-ring (bicyclic) bond motifs is 8. The Morgan fingerprint density at radius 2 is 1.48 bits per heavy atom. The van der Waals surface area contributed by atoms with Gasteiger partial charge in [-0.2, -0.15) is 4.98 Å². The zero-order valence-electron chi connectivity index (χ0n) is 12.3. The fourth-order valence-corrected chi connectivity index (χ4v) is 2.51. The molecule has 9 heteroatoms. The van der Waals surface area contributed by atoms with Crippen LogP contribution in [0.1, 0.15) is 17.1 Å². The molecule has 5 heterocycles. The average molecular weight is 341 g/mol. The molecule has 3 aromatic rings. The third-order valence-corrected chi connectivity index (χ3v) is 3.55. The summed E-state index contributed by atoms with van der Waals surface area (Å²) in [5.74, 6) is 0.689. The number of hydrogen-bond donors (Lipinski definition) is 2. The molecule has 0 fully saturated rings. The lowest BCUT2D eigenvalue weighted by Gasteiger charge is -1.83. The van der Waals surface area contributed by atoms with Gasteiger partial charge in [0, 0.05) is 17.1 Å². The molecule has 2 aliphatic heterocycles. The summed E-state index contributed by atoms with van der Waals surface area (Å²) in [7, 11) is 0. The molecule has 0 unspecified atom stereocenters. The van der Waals surface area contributed by atoms with Crippen molar-refractivity contribution in [3.63, 3.8) is 0 Å². The summed E-state index contributed by atoms with van der Waals surface area (Å²) in [5.41, 5.74) is 4.84. The van der Waals surface area contributed by atoms with E-state index in [0.29, 0.717) is 23.1 Å². The highest BCUT2D eigenvalue weighted by molar-refractivity contribution is 5.83. The van der Waals surface area contributed by atoms with Crippen LogP contribution in [0.15, 0.2) is 35.3 Å². The lowest BCUT2D eigenvalue weighted by Crippen LogP contribution is -1.77. The fraction of sp³-hybridized carbons (Fsp3) is 0. The summed E-state index contributed by atoms with van der Waals surface area (Å²) in [4.78, 5) is 23.6. The predicted molar refractivity (Wildman–Crippen MR) is 99.1 cm³/mol. The van der Waals surface area contributed by atoms with Crippen molar-refractivity contribution in [2.75, 3.05) is 0 Å². The first-order valence-corrected chi connectivity index (χ1v) is 7.31. The van der Waals surface area contributed by atoms with Gasteiger partial charge in [-0.15, -0.1) is 10.2 Å². The molecule has 0 aliphatic carbocycles. The van der Waals surface area contributed by atoms with Crippen LogP contribution in [-0.2, 0) is 0 Å². The molecule has 118 valence electrons. The standard InChI is InChI=1S/C16H10N8.Mg.2H/c1-2-11-6-13-8-17-15(20-13)22-16-21-14(23-24-16)7-12-4-3-10(19-12)5-9(1)18-11;;;/h1-8,18H,(H,17,20,21,22,23,24);;;. The van der Waals surface area contributed by atoms with Crippen molar-refractivity contribution in [1.29, 1.82) is 0 Å². The van der Waals surface area contributed by atoms with Gasteiger partial charge in [0.05, 0.1) is 23.3 Å². The van der Waals surface area contributed by atoms with E-state index >= 15 is 0 Å². The van der Waals surface area contributed by atoms with Crippen LogP contribution >= 0.6 is 0 Å². The zero-order valence-corrected chi connectivity index (χ0v) is 12.3. The molecule has 8 bridgehead atoms. The summed E-state index contributed by atoms with van der Waals surface area (Å²) in [6.07, 6.45) is 5.53. The number of nitrogens with one attached hydrogen (secondary N) is 2. The van der Waals surface area contributed by atoms with Gasteiger partial charge in [-0.1, -0.05) is 0 Å². The number of aromatic nitrogens is 7. The Balaban J connectivity index is 0.00000157. The number of rotatable bonds is 0. The van der Waals surface area contributed by atoms with Crippen LogP contribution in [0.3, 0.4) is 0 Å². The highest BCUT2D eigenvalue weighted by atomic mass is 24.3. The minimum absolute atomic E-state index is 0. The van der Waals surface area contributed by atoms with Crippen LogP contribution < -0.4 is 0 Å². The average Bonchev–Trinajstić information content (AvgIpc) is 3.32. The lowest BCUT2D eigenvalue weighted by atomic mass is 10.3. The molecule has 25 heavy (non-hydrogen) atoms. The minimum atomic E-state index is 0. The molecule has 0 radical (unpaired) electrons. The van der Waals surface area contributed by atoms with Crippen LogP contribution in [-0.4, -0.2) is 64.4 Å². The molecular weight excluding hydrogens is 329 g/mol. The third kappa shape index (κ3) is 3.19. The van der Waals surface area contributed by atoms with Gasteiger partial charge in [-0.3, -0.25) is 0 Å². The van der Waals surface area contributed by atoms with Gasteiger partial charge in [0.25, 0.3) is 11.7 Å². The third-order valence-electron chi connectivity index (χ3n) is 3.55. The Morgan fingerprint density at radius 1 is 0.720 bits per heavy atom. The van der Waals surface area contributed by atoms with Crippen molar-refractivity contribution in [2.24, 2.45) is 4.99 Å². The Hall–Kier alpha value is -2.91. The second-order valence-corrected chi connectivity index (χ2v) is 5.34. The summed E-state index contributed by atoms with van der Waals surface area (Å²) >= 11 is 0. The number of nitrogens with zero attached hydrogens (tertiary/aromatic N) is 6. The monoisotopic (exact) mass is 340 g/mol. The fourth-order valence-electron chi connectivity index (χ4n) is 2.51. The summed E-state index contributed by atoms with van der Waals surface area (Å²) in [6, 6.07) is 9.66. The van der Waals surface area contributed by atoms with E-state index in [1.165, 1.54) is 0 Å². The van der Waals surface area contributed by atoms with Crippen molar-refractivity contribution in [3.05, 3.63) is 47.4 Å². The van der Waals surface area contributed by atoms with Crippen molar-refractivity contribution in [2.45, 2.75) is 0 Å². The Labute approximate surface area is 157 Å². The molecule has 3 aromatic heterocycles. The maximum atomic E-state index is 4.53. The van der Waals surface area contributed by atoms with Crippen LogP contribution in [0.5, 0.6) is 0 Å². The van der Waals surface area contributed by atoms with Gasteiger partial charge >= 0.3 is 23.1 Å². The van der Waals surface area contributed by atoms with Crippen LogP contribution in [0.2, 0.25) is 0 Å². The van der Waals surface area contributed by atoms with Gasteiger partial charge in [0.1, 0.15) is 0 Å². The normalized spacial score (nSPS) is 12.2. The van der Waals surface area contributed by atoms with E-state index < -0.39 is 0 Å². The molecule has 8 nitrogen and oxygen atoms in total. The molecule has 0 amide bonds. The van der Waals surface area contributed by atoms with Gasteiger partial charge < -0.3 is 9.97 Å². The summed E-state index contributed by atoms with van der Waals surface area (Å²) in [5, 5.41) is 8.02. The maximum absolute atomic E-state index is 4.53. The molecule has 2 N–H and O–H groups in total. The number of hydrogen-bond acceptors (Lipinski definition) is 6. The Kier molecular flexibility index (Phi) is 3.86. The second-order valence-electron chi connectivity index (χ2n) is 5.34. The van der Waals surface area contributed by atoms with E-state index in [1.807, 2.05) is 36.4 Å². The molecular formula is C16H12MgN8. The number of H-pyrrole nitrogens is 2. The number of aliphatic imine (C=N–C) groups is 1. The van der Waals surface area contributed by atoms with E-state index in [4.69, 9.17) is 0 Å². The smallest absolute Gasteiger partial charge is 0.316 e. The quantitative estimate of drug-likeness (QED) is 0.415. The van der Waals surface area contributed by atoms with E-state index in [-0.39, 0.29) is 23.1 Å². The highest BCUT2D eigenvalue weighted by Crippen LogP contribution is 2.14. The first-order chi connectivity index (χ1) is 11.8. The van der Waals surface area contributed by atoms with Gasteiger partial charge in [0.2, 0.25) is 0 Å². The largest absolute Gasteiger partial charge is 0.355 e. The second kappa shape index (κ2) is 6.19. The molecule has 0 spiro atoms. The first kappa shape index (κ1) is 15.6. The van der Waals surface area contributed by atoms with E-state index in [9.17, 15) is 0 Å². The molecule has 5 rings (SSSR count). The van der Waals surface area contributed by atoms with Crippen LogP contribution in [0, 0.1) is 0 Å². The van der Waals surface area contributed by atoms with Gasteiger partial charge in [-0.25, -0.2) is 15.0 Å². The molecule has 0 saturated carbocycles. The summed E-state index contributed by atoms with van der Waals surface area (Å²) in [6.45, 7) is 0. The lowest BCUT2D eigenvalue weighted by molar-refractivity contribution is 1.10. The Bertz CT molecular complexity index is 997. The van der Waals surface area contributed by atoms with E-state index in [0.717, 1.165) is 22.4 Å². The molecule has 0 saturated heterocycles. The van der Waals surface area contributed by atoms with Gasteiger partial charge in [0.15, 0.2) is 5.65 Å². The first-order valence-electron chi connectivity index (χ1n) is 7.31. The van der Waals surface area contributed by atoms with Crippen LogP contribution in [0.25, 0.3) is 34.6 Å². The van der Waals surface area contributed by atoms with Crippen molar-refractivity contribution in [1.82, 2.24) is 35.1 Å². The van der Waals surface area contributed by atoms with E-state index in [2.05, 4.69) is 40.1 Å². The minimum Gasteiger partial charge on any atom is -0.355 e. The van der Waals surface area contributed by atoms with E-state index in [1.54, 1.807) is 12.3 Å². The van der Waals surface area contributed by atoms with Crippen molar-refractivity contribution in [3.8, 4) is 0 Å². The molecule has 0 atom stereocenters. The molecule has 0 aromatic carbocycles. The van der Waals surface area contributed by atoms with Gasteiger partial charge in [-0.05, 0) is 36.4 Å². The highest BCUT2D eigenvalue weighted by Gasteiger charge is 2.03. The maximum Gasteiger partial charge on any atom is 0.316 e. The topological polar surface area (TPSA) is 108 Å². The van der Waals surface area contributed by atoms with Crippen LogP contribution in [0.4, 0.5) is 5.95 Å². The van der Waals surface area contributed by atoms with Crippen molar-refractivity contribution >= 4 is 69.8 Å². The summed E-state index contributed by atoms with van der Waals surface area (Å²) < 4.78 is 0. The Morgan fingerprint density at radius 3 is 2.32 bits per heavy atom. The SMILES string of the molecule is C1=Cc2cc3nnc(nc4nc(cc5ccc(cc1n2)[nH]5)C=N4)[nH]3.[MgH2]. The number of aromatic amines is 2.